The van der Waals surface area contributed by atoms with Crippen molar-refractivity contribution in [2.24, 2.45) is 11.7 Å². The summed E-state index contributed by atoms with van der Waals surface area (Å²) in [4.78, 5) is 17.9. The van der Waals surface area contributed by atoms with E-state index in [1.165, 1.54) is 36.5 Å². The van der Waals surface area contributed by atoms with E-state index in [-0.39, 0.29) is 23.2 Å². The Morgan fingerprint density at radius 3 is 2.72 bits per heavy atom. The first-order valence-corrected chi connectivity index (χ1v) is 10.1. The number of primary amides is 1. The Kier molecular flexibility index (Phi) is 6.09. The van der Waals surface area contributed by atoms with Gasteiger partial charge in [-0.1, -0.05) is 0 Å². The van der Waals surface area contributed by atoms with Gasteiger partial charge in [0, 0.05) is 37.7 Å². The normalized spacial score (nSPS) is 18.8. The van der Waals surface area contributed by atoms with Crippen LogP contribution >= 0.6 is 0 Å². The molecule has 3 N–H and O–H groups in total. The fraction of sp³-hybridized carbons (Fsp3) is 0.273. The molecule has 1 saturated heterocycles. The second kappa shape index (κ2) is 9.11. The van der Waals surface area contributed by atoms with Crippen molar-refractivity contribution in [1.29, 1.82) is 5.26 Å². The van der Waals surface area contributed by atoms with Gasteiger partial charge in [-0.2, -0.15) is 10.4 Å². The van der Waals surface area contributed by atoms with Crippen LogP contribution in [0.25, 0.3) is 0 Å². The smallest absolute Gasteiger partial charge is 0.254 e. The van der Waals surface area contributed by atoms with Crippen molar-refractivity contribution in [2.75, 3.05) is 18.4 Å². The predicted octanol–water partition coefficient (Wildman–Crippen LogP) is 2.99. The summed E-state index contributed by atoms with van der Waals surface area (Å²) >= 11 is 0. The van der Waals surface area contributed by atoms with E-state index >= 15 is 0 Å². The highest BCUT2D eigenvalue weighted by Gasteiger charge is 2.32. The number of carbonyl (C=O) groups excluding carboxylic acids is 1. The lowest BCUT2D eigenvalue weighted by Gasteiger charge is -2.35. The monoisotopic (exact) mass is 437 g/mol. The van der Waals surface area contributed by atoms with Crippen LogP contribution in [0.5, 0.6) is 0 Å². The molecule has 1 aliphatic heterocycles. The number of rotatable bonds is 6. The van der Waals surface area contributed by atoms with Gasteiger partial charge < -0.3 is 11.1 Å². The maximum Gasteiger partial charge on any atom is 0.254 e. The molecule has 3 heterocycles. The molecule has 4 rings (SSSR count). The number of nitrogens with two attached hydrogens (primary N) is 1. The van der Waals surface area contributed by atoms with Gasteiger partial charge in [0.25, 0.3) is 5.91 Å². The van der Waals surface area contributed by atoms with Crippen molar-refractivity contribution in [2.45, 2.75) is 19.0 Å². The molecule has 2 atom stereocenters. The number of anilines is 2. The van der Waals surface area contributed by atoms with Gasteiger partial charge in [-0.05, 0) is 42.3 Å². The topological polar surface area (TPSA) is 113 Å². The van der Waals surface area contributed by atoms with E-state index in [4.69, 9.17) is 5.73 Å². The zero-order chi connectivity index (χ0) is 22.7. The van der Waals surface area contributed by atoms with Crippen LogP contribution in [0, 0.1) is 28.9 Å². The summed E-state index contributed by atoms with van der Waals surface area (Å²) in [6, 6.07) is 9.12. The molecule has 8 nitrogen and oxygen atoms in total. The van der Waals surface area contributed by atoms with Crippen LogP contribution in [0.15, 0.2) is 48.9 Å². The van der Waals surface area contributed by atoms with Crippen LogP contribution in [0.2, 0.25) is 0 Å². The lowest BCUT2D eigenvalue weighted by Crippen LogP contribution is -2.40. The number of likely N-dealkylation sites (tertiary alicyclic amines) is 1. The molecule has 1 aromatic carbocycles. The highest BCUT2D eigenvalue weighted by Crippen LogP contribution is 2.31. The Bertz CT molecular complexity index is 1160. The molecule has 0 radical (unpaired) electrons. The predicted molar refractivity (Wildman–Crippen MR) is 113 cm³/mol. The molecular weight excluding hydrogens is 416 g/mol. The van der Waals surface area contributed by atoms with Gasteiger partial charge in [0.15, 0.2) is 5.82 Å². The van der Waals surface area contributed by atoms with Crippen molar-refractivity contribution in [3.63, 3.8) is 0 Å². The summed E-state index contributed by atoms with van der Waals surface area (Å²) in [5.74, 6) is -1.59. The molecule has 1 fully saturated rings. The number of hydrogen-bond acceptors (Lipinski definition) is 6. The first-order chi connectivity index (χ1) is 15.4. The quantitative estimate of drug-likeness (QED) is 0.613. The number of nitrogens with zero attached hydrogens (tertiary/aromatic N) is 5. The number of amides is 1. The Balaban J connectivity index is 1.52. The SMILES string of the molecule is N#C[C@H]1CN(Cc2cncc(F)c2)CC[C@@H]1n1cc(C(N)=O)c(Nc2ccc(F)cc2)n1. The number of pyridine rings is 1. The van der Waals surface area contributed by atoms with Crippen molar-refractivity contribution in [3.05, 3.63) is 71.7 Å². The first kappa shape index (κ1) is 21.4. The molecule has 0 saturated carbocycles. The molecule has 164 valence electrons. The van der Waals surface area contributed by atoms with E-state index in [1.807, 2.05) is 0 Å². The fourth-order valence-corrected chi connectivity index (χ4v) is 3.90. The van der Waals surface area contributed by atoms with Crippen molar-refractivity contribution < 1.29 is 13.6 Å². The van der Waals surface area contributed by atoms with Gasteiger partial charge in [0.1, 0.15) is 17.2 Å². The van der Waals surface area contributed by atoms with Crippen LogP contribution in [0.4, 0.5) is 20.3 Å². The standard InChI is InChI=1S/C22H21F2N7O/c23-16-1-3-18(4-2-16)28-22-19(21(26)32)13-31(29-22)20-5-6-30(12-15(20)8-25)11-14-7-17(24)10-27-9-14/h1-4,7,9-10,13,15,20H,5-6,11-12H2,(H2,26,32)(H,28,29)/t15-,20-/m0/s1. The molecule has 2 aromatic heterocycles. The summed E-state index contributed by atoms with van der Waals surface area (Å²) in [7, 11) is 0. The van der Waals surface area contributed by atoms with Crippen molar-refractivity contribution in [3.8, 4) is 6.07 Å². The summed E-state index contributed by atoms with van der Waals surface area (Å²) < 4.78 is 28.2. The largest absolute Gasteiger partial charge is 0.365 e. The fourth-order valence-electron chi connectivity index (χ4n) is 3.90. The number of piperidine rings is 1. The van der Waals surface area contributed by atoms with Gasteiger partial charge in [0.2, 0.25) is 0 Å². The van der Waals surface area contributed by atoms with E-state index in [0.29, 0.717) is 31.7 Å². The number of halogens is 2. The summed E-state index contributed by atoms with van der Waals surface area (Å²) in [6.07, 6.45) is 4.90. The molecule has 0 aliphatic carbocycles. The van der Waals surface area contributed by atoms with Crippen LogP contribution < -0.4 is 11.1 Å². The van der Waals surface area contributed by atoms with E-state index in [9.17, 15) is 18.8 Å². The molecule has 0 spiro atoms. The third kappa shape index (κ3) is 4.73. The van der Waals surface area contributed by atoms with Gasteiger partial charge in [-0.15, -0.1) is 0 Å². The Labute approximate surface area is 183 Å². The molecule has 1 amide bonds. The van der Waals surface area contributed by atoms with Gasteiger partial charge in [-0.3, -0.25) is 19.4 Å². The number of carbonyl (C=O) groups is 1. The summed E-state index contributed by atoms with van der Waals surface area (Å²) in [6.45, 7) is 1.61. The Morgan fingerprint density at radius 2 is 2.03 bits per heavy atom. The highest BCUT2D eigenvalue weighted by molar-refractivity contribution is 5.98. The number of hydrogen-bond donors (Lipinski definition) is 2. The minimum atomic E-state index is -0.662. The Morgan fingerprint density at radius 1 is 1.25 bits per heavy atom. The number of nitriles is 1. The van der Waals surface area contributed by atoms with Gasteiger partial charge in [0.05, 0.1) is 24.2 Å². The number of aromatic nitrogens is 3. The van der Waals surface area contributed by atoms with Crippen molar-refractivity contribution >= 4 is 17.4 Å². The van der Waals surface area contributed by atoms with E-state index in [0.717, 1.165) is 11.8 Å². The van der Waals surface area contributed by atoms with E-state index in [1.54, 1.807) is 10.9 Å². The molecular formula is C22H21F2N7O. The average Bonchev–Trinajstić information content (AvgIpc) is 3.19. The Hall–Kier alpha value is -3.84. The maximum absolute atomic E-state index is 13.4. The van der Waals surface area contributed by atoms with E-state index in [2.05, 4.69) is 26.4 Å². The van der Waals surface area contributed by atoms with Crippen LogP contribution in [0.3, 0.4) is 0 Å². The number of nitrogens with one attached hydrogen (secondary N) is 1. The third-order valence-electron chi connectivity index (χ3n) is 5.44. The van der Waals surface area contributed by atoms with Crippen LogP contribution in [-0.2, 0) is 6.54 Å². The molecule has 0 bridgehead atoms. The molecule has 10 heteroatoms. The molecule has 1 aliphatic rings. The van der Waals surface area contributed by atoms with Crippen LogP contribution in [0.1, 0.15) is 28.4 Å². The molecule has 0 unspecified atom stereocenters. The second-order valence-electron chi connectivity index (χ2n) is 7.71. The second-order valence-corrected chi connectivity index (χ2v) is 7.71. The minimum absolute atomic E-state index is 0.180. The number of benzene rings is 1. The lowest BCUT2D eigenvalue weighted by atomic mass is 9.93. The lowest BCUT2D eigenvalue weighted by molar-refractivity contribution is 0.100. The van der Waals surface area contributed by atoms with Gasteiger partial charge >= 0.3 is 0 Å². The highest BCUT2D eigenvalue weighted by atomic mass is 19.1. The zero-order valence-electron chi connectivity index (χ0n) is 17.1. The molecule has 3 aromatic rings. The van der Waals surface area contributed by atoms with E-state index < -0.39 is 17.6 Å². The third-order valence-corrected chi connectivity index (χ3v) is 5.44. The van der Waals surface area contributed by atoms with Crippen LogP contribution in [-0.4, -0.2) is 38.7 Å². The summed E-state index contributed by atoms with van der Waals surface area (Å²) in [5, 5.41) is 17.2. The first-order valence-electron chi connectivity index (χ1n) is 10.1. The molecule has 32 heavy (non-hydrogen) atoms. The minimum Gasteiger partial charge on any atom is -0.365 e. The zero-order valence-corrected chi connectivity index (χ0v) is 17.1. The van der Waals surface area contributed by atoms with Crippen molar-refractivity contribution in [1.82, 2.24) is 19.7 Å². The maximum atomic E-state index is 13.4. The summed E-state index contributed by atoms with van der Waals surface area (Å²) in [5.41, 5.74) is 6.99. The van der Waals surface area contributed by atoms with Gasteiger partial charge in [-0.25, -0.2) is 8.78 Å². The average molecular weight is 437 g/mol.